The molecular weight excluding hydrogens is 188 g/mol. The Labute approximate surface area is 80.7 Å². The molecule has 0 radical (unpaired) electrons. The molecule has 0 saturated carbocycles. The van der Waals surface area contributed by atoms with Gasteiger partial charge in [-0.25, -0.2) is 4.79 Å². The Morgan fingerprint density at radius 3 is 2.69 bits per heavy atom. The van der Waals surface area contributed by atoms with Gasteiger partial charge in [0.1, 0.15) is 5.75 Å². The Bertz CT molecular complexity index is 358. The number of aliphatic carboxylic acids is 1. The molecule has 0 aromatic heterocycles. The van der Waals surface area contributed by atoms with Gasteiger partial charge in [0.2, 0.25) is 0 Å². The van der Waals surface area contributed by atoms with Crippen molar-refractivity contribution in [3.05, 3.63) is 29.8 Å². The highest BCUT2D eigenvalue weighted by Gasteiger charge is 1.97. The Balaban J connectivity index is 2.96. The van der Waals surface area contributed by atoms with E-state index in [4.69, 9.17) is 5.11 Å². The minimum absolute atomic E-state index is 0.0185. The van der Waals surface area contributed by atoms with Crippen molar-refractivity contribution in [3.8, 4) is 5.75 Å². The Hall–Kier alpha value is -1.42. The lowest BCUT2D eigenvalue weighted by atomic mass is 10.2. The lowest BCUT2D eigenvalue weighted by molar-refractivity contribution is -0.131. The fourth-order valence-electron chi connectivity index (χ4n) is 0.834. The van der Waals surface area contributed by atoms with Gasteiger partial charge in [-0.05, 0) is 18.2 Å². The van der Waals surface area contributed by atoms with Crippen LogP contribution in [0.5, 0.6) is 5.75 Å². The molecule has 2 N–H and O–H groups in total. The van der Waals surface area contributed by atoms with Crippen LogP contribution in [0.4, 0.5) is 0 Å². The number of phenolic OH excluding ortho intramolecular Hbond substituents is 1. The highest BCUT2D eigenvalue weighted by molar-refractivity contribution is 7.80. The van der Waals surface area contributed by atoms with Gasteiger partial charge in [0.15, 0.2) is 0 Å². The van der Waals surface area contributed by atoms with E-state index < -0.39 is 5.97 Å². The van der Waals surface area contributed by atoms with Crippen molar-refractivity contribution in [2.75, 3.05) is 0 Å². The molecule has 1 aromatic rings. The quantitative estimate of drug-likeness (QED) is 0.499. The zero-order valence-corrected chi connectivity index (χ0v) is 7.53. The van der Waals surface area contributed by atoms with E-state index in [2.05, 4.69) is 12.6 Å². The van der Waals surface area contributed by atoms with E-state index in [1.54, 1.807) is 12.1 Å². The number of thiol groups is 1. The SMILES string of the molecule is O=C(O)C=Cc1ccc(S)cc1O. The predicted molar refractivity (Wildman–Crippen MR) is 52.0 cm³/mol. The molecular formula is C9H8O3S. The van der Waals surface area contributed by atoms with E-state index in [0.717, 1.165) is 6.08 Å². The fraction of sp³-hybridized carbons (Fsp3) is 0. The maximum atomic E-state index is 10.2. The third-order valence-corrected chi connectivity index (χ3v) is 1.70. The van der Waals surface area contributed by atoms with Crippen molar-refractivity contribution in [2.24, 2.45) is 0 Å². The van der Waals surface area contributed by atoms with Crippen molar-refractivity contribution in [1.82, 2.24) is 0 Å². The summed E-state index contributed by atoms with van der Waals surface area (Å²) in [5.41, 5.74) is 0.459. The van der Waals surface area contributed by atoms with Crippen molar-refractivity contribution >= 4 is 24.7 Å². The Morgan fingerprint density at radius 1 is 1.46 bits per heavy atom. The molecule has 0 fully saturated rings. The zero-order chi connectivity index (χ0) is 9.84. The number of phenols is 1. The summed E-state index contributed by atoms with van der Waals surface area (Å²) >= 11 is 4.01. The van der Waals surface area contributed by atoms with E-state index in [0.29, 0.717) is 10.5 Å². The number of hydrogen-bond donors (Lipinski definition) is 3. The maximum Gasteiger partial charge on any atom is 0.328 e. The second-order valence-corrected chi connectivity index (χ2v) is 2.93. The molecule has 0 unspecified atom stereocenters. The Morgan fingerprint density at radius 2 is 2.15 bits per heavy atom. The molecule has 0 aliphatic carbocycles. The smallest absolute Gasteiger partial charge is 0.328 e. The van der Waals surface area contributed by atoms with Gasteiger partial charge in [-0.1, -0.05) is 6.07 Å². The molecule has 0 saturated heterocycles. The summed E-state index contributed by atoms with van der Waals surface area (Å²) in [7, 11) is 0. The van der Waals surface area contributed by atoms with Gasteiger partial charge in [0.05, 0.1) is 0 Å². The van der Waals surface area contributed by atoms with E-state index in [1.165, 1.54) is 12.1 Å². The molecule has 13 heavy (non-hydrogen) atoms. The van der Waals surface area contributed by atoms with Gasteiger partial charge in [0, 0.05) is 16.5 Å². The molecule has 68 valence electrons. The zero-order valence-electron chi connectivity index (χ0n) is 6.64. The van der Waals surface area contributed by atoms with Crippen molar-refractivity contribution in [1.29, 1.82) is 0 Å². The predicted octanol–water partition coefficient (Wildman–Crippen LogP) is 1.78. The van der Waals surface area contributed by atoms with E-state index in [1.807, 2.05) is 0 Å². The molecule has 1 aromatic carbocycles. The van der Waals surface area contributed by atoms with Crippen LogP contribution in [0.1, 0.15) is 5.56 Å². The normalized spacial score (nSPS) is 10.5. The molecule has 0 atom stereocenters. The summed E-state index contributed by atoms with van der Waals surface area (Å²) in [6.45, 7) is 0. The third kappa shape index (κ3) is 2.83. The Kier molecular flexibility index (Phi) is 2.97. The van der Waals surface area contributed by atoms with E-state index in [9.17, 15) is 9.90 Å². The summed E-state index contributed by atoms with van der Waals surface area (Å²) < 4.78 is 0. The highest BCUT2D eigenvalue weighted by atomic mass is 32.1. The lowest BCUT2D eigenvalue weighted by Gasteiger charge is -1.98. The fourth-order valence-corrected chi connectivity index (χ4v) is 1.03. The van der Waals surface area contributed by atoms with Gasteiger partial charge in [-0.3, -0.25) is 0 Å². The van der Waals surface area contributed by atoms with Crippen LogP contribution in [0, 0.1) is 0 Å². The van der Waals surface area contributed by atoms with Crippen LogP contribution in [0.2, 0.25) is 0 Å². The summed E-state index contributed by atoms with van der Waals surface area (Å²) in [5.74, 6) is -1.03. The van der Waals surface area contributed by atoms with Crippen LogP contribution in [-0.2, 0) is 4.79 Å². The molecule has 0 aliphatic rings. The summed E-state index contributed by atoms with van der Waals surface area (Å²) in [6, 6.07) is 4.71. The lowest BCUT2D eigenvalue weighted by Crippen LogP contribution is -1.85. The summed E-state index contributed by atoms with van der Waals surface area (Å²) in [6.07, 6.45) is 2.29. The number of carbonyl (C=O) groups is 1. The van der Waals surface area contributed by atoms with E-state index >= 15 is 0 Å². The van der Waals surface area contributed by atoms with Crippen LogP contribution in [0.25, 0.3) is 6.08 Å². The molecule has 0 aliphatic heterocycles. The molecule has 0 bridgehead atoms. The minimum Gasteiger partial charge on any atom is -0.507 e. The van der Waals surface area contributed by atoms with E-state index in [-0.39, 0.29) is 5.75 Å². The third-order valence-electron chi connectivity index (χ3n) is 1.42. The average molecular weight is 196 g/mol. The van der Waals surface area contributed by atoms with Gasteiger partial charge in [-0.15, -0.1) is 12.6 Å². The molecule has 0 spiro atoms. The second-order valence-electron chi connectivity index (χ2n) is 2.41. The first-order valence-electron chi connectivity index (χ1n) is 3.52. The largest absolute Gasteiger partial charge is 0.507 e. The molecule has 4 heteroatoms. The topological polar surface area (TPSA) is 57.5 Å². The maximum absolute atomic E-state index is 10.2. The van der Waals surface area contributed by atoms with Gasteiger partial charge >= 0.3 is 5.97 Å². The molecule has 3 nitrogen and oxygen atoms in total. The highest BCUT2D eigenvalue weighted by Crippen LogP contribution is 2.21. The van der Waals surface area contributed by atoms with Crippen LogP contribution < -0.4 is 0 Å². The number of hydrogen-bond acceptors (Lipinski definition) is 3. The monoisotopic (exact) mass is 196 g/mol. The van der Waals surface area contributed by atoms with Crippen molar-refractivity contribution in [2.45, 2.75) is 4.90 Å². The molecule has 0 heterocycles. The van der Waals surface area contributed by atoms with Gasteiger partial charge in [-0.2, -0.15) is 0 Å². The second kappa shape index (κ2) is 4.00. The summed E-state index contributed by atoms with van der Waals surface area (Å²) in [4.78, 5) is 10.8. The molecule has 1 rings (SSSR count). The van der Waals surface area contributed by atoms with Crippen LogP contribution in [0.3, 0.4) is 0 Å². The van der Waals surface area contributed by atoms with Crippen LogP contribution >= 0.6 is 12.6 Å². The number of rotatable bonds is 2. The van der Waals surface area contributed by atoms with Crippen LogP contribution in [-0.4, -0.2) is 16.2 Å². The first-order valence-corrected chi connectivity index (χ1v) is 3.97. The molecule has 0 amide bonds. The average Bonchev–Trinajstić information content (AvgIpc) is 2.02. The number of benzene rings is 1. The van der Waals surface area contributed by atoms with Crippen molar-refractivity contribution in [3.63, 3.8) is 0 Å². The number of carboxylic acid groups (broad SMARTS) is 1. The van der Waals surface area contributed by atoms with Gasteiger partial charge < -0.3 is 10.2 Å². The first kappa shape index (κ1) is 9.67. The number of carboxylic acids is 1. The minimum atomic E-state index is -1.05. The first-order chi connectivity index (χ1) is 6.09. The standard InChI is InChI=1S/C9H8O3S/c10-8-5-7(13)3-1-6(8)2-4-9(11)12/h1-5,10,13H,(H,11,12). The summed E-state index contributed by atoms with van der Waals surface area (Å²) in [5, 5.41) is 17.6. The van der Waals surface area contributed by atoms with Gasteiger partial charge in [0.25, 0.3) is 0 Å². The van der Waals surface area contributed by atoms with Crippen molar-refractivity contribution < 1.29 is 15.0 Å². The number of aromatic hydroxyl groups is 1. The van der Waals surface area contributed by atoms with Crippen LogP contribution in [0.15, 0.2) is 29.2 Å².